The van der Waals surface area contributed by atoms with Crippen molar-refractivity contribution in [2.24, 2.45) is 0 Å². The molecule has 0 radical (unpaired) electrons. The van der Waals surface area contributed by atoms with Gasteiger partial charge in [0.05, 0.1) is 11.4 Å². The Kier molecular flexibility index (Phi) is 5.30. The Bertz CT molecular complexity index is 976. The molecule has 1 nitrogen and oxygen atoms in total. The third kappa shape index (κ3) is 3.86. The second-order valence-corrected chi connectivity index (χ2v) is 6.29. The van der Waals surface area contributed by atoms with Crippen LogP contribution in [0.3, 0.4) is 0 Å². The molecule has 0 unspecified atom stereocenters. The van der Waals surface area contributed by atoms with Gasteiger partial charge in [-0.15, -0.1) is 0 Å². The smallest absolute Gasteiger partial charge is 0.248 e. The molecule has 1 aromatic heterocycles. The Morgan fingerprint density at radius 2 is 0.933 bits per heavy atom. The topological polar surface area (TPSA) is 12.9 Å². The summed E-state index contributed by atoms with van der Waals surface area (Å²) in [5.74, 6) is -13.4. The maximum atomic E-state index is 14.3. The molecule has 30 heavy (non-hydrogen) atoms. The Morgan fingerprint density at radius 1 is 0.567 bits per heavy atom. The quantitative estimate of drug-likeness (QED) is 0.403. The number of benzene rings is 2. The molecule has 3 rings (SSSR count). The van der Waals surface area contributed by atoms with Crippen molar-refractivity contribution in [3.63, 3.8) is 0 Å². The minimum Gasteiger partial charge on any atom is -0.248 e. The van der Waals surface area contributed by atoms with Crippen molar-refractivity contribution in [2.75, 3.05) is 0 Å². The zero-order chi connectivity index (χ0) is 22.3. The molecule has 0 aliphatic heterocycles. The molecule has 0 aliphatic carbocycles. The summed E-state index contributed by atoms with van der Waals surface area (Å²) in [6.07, 6.45) is -6.52. The molecule has 1 heterocycles. The Morgan fingerprint density at radius 3 is 1.27 bits per heavy atom. The van der Waals surface area contributed by atoms with Gasteiger partial charge >= 0.3 is 18.0 Å². The van der Waals surface area contributed by atoms with E-state index in [2.05, 4.69) is 4.98 Å². The lowest BCUT2D eigenvalue weighted by Gasteiger charge is -2.29. The van der Waals surface area contributed by atoms with E-state index in [-0.39, 0.29) is 11.1 Å². The van der Waals surface area contributed by atoms with Crippen molar-refractivity contribution < 1.29 is 39.5 Å². The maximum Gasteiger partial charge on any atom is 0.460 e. The standard InChI is InChI=1S/C20H10F9N/c21-14-5-1-11(2-6-14)16-9-13(18(23,24)19(25,26)20(27,28)29)10-17(30-16)12-3-7-15(22)8-4-12/h1-10H. The third-order valence-electron chi connectivity index (χ3n) is 4.22. The highest BCUT2D eigenvalue weighted by Crippen LogP contribution is 2.52. The van der Waals surface area contributed by atoms with Gasteiger partial charge in [-0.2, -0.15) is 30.7 Å². The monoisotopic (exact) mass is 435 g/mol. The van der Waals surface area contributed by atoms with Gasteiger partial charge in [-0.05, 0) is 60.7 Å². The number of rotatable bonds is 4. The van der Waals surface area contributed by atoms with E-state index in [0.29, 0.717) is 12.1 Å². The van der Waals surface area contributed by atoms with Gasteiger partial charge in [0, 0.05) is 16.7 Å². The number of halogens is 9. The summed E-state index contributed by atoms with van der Waals surface area (Å²) in [4.78, 5) is 3.99. The molecule has 0 aliphatic rings. The molecule has 0 saturated heterocycles. The first kappa shape index (κ1) is 21.7. The van der Waals surface area contributed by atoms with Crippen LogP contribution in [0.15, 0.2) is 60.7 Å². The van der Waals surface area contributed by atoms with E-state index in [1.807, 2.05) is 0 Å². The molecule has 2 aromatic carbocycles. The van der Waals surface area contributed by atoms with Crippen LogP contribution in [0.2, 0.25) is 0 Å². The van der Waals surface area contributed by atoms with Crippen molar-refractivity contribution in [3.05, 3.63) is 77.9 Å². The van der Waals surface area contributed by atoms with Crippen LogP contribution in [0.5, 0.6) is 0 Å². The maximum absolute atomic E-state index is 14.3. The predicted octanol–water partition coefficient (Wildman–Crippen LogP) is 6.98. The fourth-order valence-corrected chi connectivity index (χ4v) is 2.61. The molecule has 0 saturated carbocycles. The lowest BCUT2D eigenvalue weighted by molar-refractivity contribution is -0.359. The normalized spacial score (nSPS) is 12.8. The molecular formula is C20H10F9N. The molecule has 0 atom stereocenters. The SMILES string of the molecule is Fc1ccc(-c2cc(C(F)(F)C(F)(F)C(F)(F)F)cc(-c3ccc(F)cc3)n2)cc1. The van der Waals surface area contributed by atoms with E-state index in [1.165, 1.54) is 0 Å². The lowest BCUT2D eigenvalue weighted by Crippen LogP contribution is -2.50. The van der Waals surface area contributed by atoms with Crippen LogP contribution in [0, 0.1) is 11.6 Å². The van der Waals surface area contributed by atoms with Crippen LogP contribution in [-0.4, -0.2) is 17.1 Å². The van der Waals surface area contributed by atoms with Crippen molar-refractivity contribution in [2.45, 2.75) is 18.0 Å². The first-order chi connectivity index (χ1) is 13.8. The third-order valence-corrected chi connectivity index (χ3v) is 4.22. The fourth-order valence-electron chi connectivity index (χ4n) is 2.61. The first-order valence-corrected chi connectivity index (χ1v) is 8.20. The van der Waals surface area contributed by atoms with Gasteiger partial charge in [0.2, 0.25) is 0 Å². The zero-order valence-corrected chi connectivity index (χ0v) is 14.6. The summed E-state index contributed by atoms with van der Waals surface area (Å²) in [5, 5.41) is 0. The number of aromatic nitrogens is 1. The van der Waals surface area contributed by atoms with Gasteiger partial charge in [-0.3, -0.25) is 0 Å². The summed E-state index contributed by atoms with van der Waals surface area (Å²) >= 11 is 0. The average molecular weight is 435 g/mol. The largest absolute Gasteiger partial charge is 0.460 e. The highest BCUT2D eigenvalue weighted by molar-refractivity contribution is 5.68. The summed E-state index contributed by atoms with van der Waals surface area (Å²) < 4.78 is 120. The number of pyridine rings is 1. The van der Waals surface area contributed by atoms with Crippen LogP contribution >= 0.6 is 0 Å². The van der Waals surface area contributed by atoms with Gasteiger partial charge in [0.1, 0.15) is 11.6 Å². The van der Waals surface area contributed by atoms with Crippen molar-refractivity contribution in [1.29, 1.82) is 0 Å². The zero-order valence-electron chi connectivity index (χ0n) is 14.6. The molecule has 10 heteroatoms. The molecule has 3 aromatic rings. The van der Waals surface area contributed by atoms with Crippen molar-refractivity contribution in [1.82, 2.24) is 4.98 Å². The lowest BCUT2D eigenvalue weighted by atomic mass is 9.97. The van der Waals surface area contributed by atoms with E-state index in [4.69, 9.17) is 0 Å². The van der Waals surface area contributed by atoms with Gasteiger partial charge in [-0.25, -0.2) is 13.8 Å². The summed E-state index contributed by atoms with van der Waals surface area (Å²) in [7, 11) is 0. The highest BCUT2D eigenvalue weighted by atomic mass is 19.4. The number of hydrogen-bond acceptors (Lipinski definition) is 1. The Balaban J connectivity index is 2.24. The number of hydrogen-bond donors (Lipinski definition) is 0. The number of nitrogens with zero attached hydrogens (tertiary/aromatic N) is 1. The Hall–Kier alpha value is -3.04. The first-order valence-electron chi connectivity index (χ1n) is 8.20. The van der Waals surface area contributed by atoms with Crippen LogP contribution in [-0.2, 0) is 5.92 Å². The molecule has 0 amide bonds. The van der Waals surface area contributed by atoms with E-state index in [0.717, 1.165) is 48.5 Å². The van der Waals surface area contributed by atoms with E-state index >= 15 is 0 Å². The van der Waals surface area contributed by atoms with Crippen molar-refractivity contribution >= 4 is 0 Å². The Labute approximate surface area is 163 Å². The van der Waals surface area contributed by atoms with Crippen LogP contribution < -0.4 is 0 Å². The molecule has 0 spiro atoms. The van der Waals surface area contributed by atoms with Crippen LogP contribution in [0.1, 0.15) is 5.56 Å². The van der Waals surface area contributed by atoms with E-state index in [9.17, 15) is 39.5 Å². The van der Waals surface area contributed by atoms with Gasteiger partial charge in [0.15, 0.2) is 0 Å². The molecule has 0 N–H and O–H groups in total. The summed E-state index contributed by atoms with van der Waals surface area (Å²) in [6, 6.07) is 8.86. The molecule has 0 bridgehead atoms. The van der Waals surface area contributed by atoms with E-state index < -0.39 is 46.6 Å². The second-order valence-electron chi connectivity index (χ2n) is 6.29. The van der Waals surface area contributed by atoms with Gasteiger partial charge in [0.25, 0.3) is 0 Å². The molecule has 158 valence electrons. The fraction of sp³-hybridized carbons (Fsp3) is 0.150. The summed E-state index contributed by atoms with van der Waals surface area (Å²) in [6.45, 7) is 0. The predicted molar refractivity (Wildman–Crippen MR) is 89.9 cm³/mol. The second kappa shape index (κ2) is 7.33. The van der Waals surface area contributed by atoms with Crippen molar-refractivity contribution in [3.8, 4) is 22.5 Å². The minimum absolute atomic E-state index is 0.00673. The molecule has 0 fully saturated rings. The average Bonchev–Trinajstić information content (AvgIpc) is 2.67. The van der Waals surface area contributed by atoms with Gasteiger partial charge in [-0.1, -0.05) is 0 Å². The van der Waals surface area contributed by atoms with Crippen LogP contribution in [0.4, 0.5) is 39.5 Å². The summed E-state index contributed by atoms with van der Waals surface area (Å²) in [5.41, 5.74) is -2.46. The highest BCUT2D eigenvalue weighted by Gasteiger charge is 2.73. The van der Waals surface area contributed by atoms with Crippen LogP contribution in [0.25, 0.3) is 22.5 Å². The van der Waals surface area contributed by atoms with Gasteiger partial charge < -0.3 is 0 Å². The molecular weight excluding hydrogens is 425 g/mol. The van der Waals surface area contributed by atoms with E-state index in [1.54, 1.807) is 0 Å². The minimum atomic E-state index is -6.52. The number of alkyl halides is 7.